The average molecular weight is 429 g/mol. The van der Waals surface area contributed by atoms with Crippen molar-refractivity contribution in [1.29, 1.82) is 0 Å². The number of likely N-dealkylation sites (N-methyl/N-ethyl adjacent to an activating group) is 1. The zero-order valence-corrected chi connectivity index (χ0v) is 19.3. The van der Waals surface area contributed by atoms with Crippen LogP contribution in [-0.4, -0.2) is 74.0 Å². The lowest BCUT2D eigenvalue weighted by Crippen LogP contribution is -3.27. The molecule has 0 radical (unpaired) electrons. The maximum Gasteiger partial charge on any atom is 0.259 e. The number of carbonyl (C=O) groups excluding carboxylic acids is 1. The molecule has 31 heavy (non-hydrogen) atoms. The van der Waals surface area contributed by atoms with Crippen LogP contribution in [0.2, 0.25) is 0 Å². The summed E-state index contributed by atoms with van der Waals surface area (Å²) in [6.45, 7) is 4.99. The highest BCUT2D eigenvalue weighted by molar-refractivity contribution is 5.99. The topological polar surface area (TPSA) is 59.7 Å². The Bertz CT molecular complexity index is 839. The number of nitrogens with zero attached hydrogens (tertiary/aromatic N) is 1. The van der Waals surface area contributed by atoms with E-state index < -0.39 is 0 Å². The van der Waals surface area contributed by atoms with Gasteiger partial charge in [-0.05, 0) is 24.3 Å². The van der Waals surface area contributed by atoms with E-state index in [0.717, 1.165) is 26.2 Å². The molecule has 1 aliphatic rings. The Labute approximate surface area is 185 Å². The molecule has 3 rings (SSSR count). The van der Waals surface area contributed by atoms with Gasteiger partial charge in [0.05, 0.1) is 27.8 Å². The maximum absolute atomic E-state index is 13.1. The van der Waals surface area contributed by atoms with Gasteiger partial charge in [0.2, 0.25) is 0 Å². The predicted molar refractivity (Wildman–Crippen MR) is 123 cm³/mol. The molecule has 1 atom stereocenters. The van der Waals surface area contributed by atoms with Gasteiger partial charge in [0.15, 0.2) is 0 Å². The summed E-state index contributed by atoms with van der Waals surface area (Å²) in [7, 11) is 9.46. The van der Waals surface area contributed by atoms with Gasteiger partial charge in [0.25, 0.3) is 5.91 Å². The molecule has 1 heterocycles. The van der Waals surface area contributed by atoms with Crippen LogP contribution in [0.5, 0.6) is 11.5 Å². The Kier molecular flexibility index (Phi) is 7.76. The first-order valence-corrected chi connectivity index (χ1v) is 10.9. The number of rotatable bonds is 8. The molecule has 2 aromatic carbocycles. The van der Waals surface area contributed by atoms with Gasteiger partial charge in [-0.2, -0.15) is 0 Å². The molecule has 1 amide bonds. The van der Waals surface area contributed by atoms with Crippen molar-refractivity contribution in [3.8, 4) is 11.5 Å². The largest absolute Gasteiger partial charge is 0.496 e. The summed E-state index contributed by atoms with van der Waals surface area (Å²) in [5, 5.41) is 3.16. The average Bonchev–Trinajstić information content (AvgIpc) is 2.79. The number of hydrogen-bond donors (Lipinski definition) is 3. The van der Waals surface area contributed by atoms with E-state index in [2.05, 4.69) is 41.5 Å². The lowest BCUT2D eigenvalue weighted by Gasteiger charge is -2.34. The van der Waals surface area contributed by atoms with Gasteiger partial charge in [0, 0.05) is 25.3 Å². The number of hydrogen-bond acceptors (Lipinski definition) is 4. The summed E-state index contributed by atoms with van der Waals surface area (Å²) in [4.78, 5) is 18.3. The smallest absolute Gasteiger partial charge is 0.259 e. The van der Waals surface area contributed by atoms with Gasteiger partial charge in [-0.25, -0.2) is 0 Å². The van der Waals surface area contributed by atoms with Gasteiger partial charge in [-0.3, -0.25) is 4.79 Å². The van der Waals surface area contributed by atoms with E-state index in [1.165, 1.54) is 16.2 Å². The molecule has 168 valence electrons. The number of anilines is 1. The second-order valence-electron chi connectivity index (χ2n) is 8.40. The van der Waals surface area contributed by atoms with Crippen molar-refractivity contribution in [1.82, 2.24) is 5.32 Å². The fourth-order valence-corrected chi connectivity index (χ4v) is 4.21. The Hall–Kier alpha value is -2.77. The number of benzene rings is 2. The summed E-state index contributed by atoms with van der Waals surface area (Å²) in [6, 6.07) is 14.2. The highest BCUT2D eigenvalue weighted by Crippen LogP contribution is 2.28. The second kappa shape index (κ2) is 10.5. The van der Waals surface area contributed by atoms with Crippen LogP contribution in [0, 0.1) is 0 Å². The minimum atomic E-state index is -0.177. The molecule has 1 aliphatic heterocycles. The van der Waals surface area contributed by atoms with Crippen molar-refractivity contribution in [2.24, 2.45) is 0 Å². The van der Waals surface area contributed by atoms with Crippen LogP contribution < -0.4 is 29.5 Å². The molecule has 0 saturated carbocycles. The Balaban J connectivity index is 1.81. The van der Waals surface area contributed by atoms with Crippen molar-refractivity contribution in [3.05, 3.63) is 53.6 Å². The van der Waals surface area contributed by atoms with Crippen molar-refractivity contribution in [3.63, 3.8) is 0 Å². The first-order chi connectivity index (χ1) is 14.9. The standard InChI is InChI=1S/C24H34N4O3/c1-26(2)19-11-9-18(10-12-19)20(28-15-13-27(3)14-16-28)17-25-24(29)23-21(30-4)7-6-8-22(23)31-5/h6-12,20H,13-17H2,1-5H3,(H,25,29)/p+2/t20-/m0/s1. The Morgan fingerprint density at radius 2 is 1.58 bits per heavy atom. The Morgan fingerprint density at radius 3 is 2.10 bits per heavy atom. The van der Waals surface area contributed by atoms with Gasteiger partial charge < -0.3 is 29.5 Å². The number of piperazine rings is 1. The highest BCUT2D eigenvalue weighted by Gasteiger charge is 2.30. The quantitative estimate of drug-likeness (QED) is 0.538. The van der Waals surface area contributed by atoms with Crippen LogP contribution in [0.3, 0.4) is 0 Å². The van der Waals surface area contributed by atoms with Crippen LogP contribution in [0.25, 0.3) is 0 Å². The fraction of sp³-hybridized carbons (Fsp3) is 0.458. The lowest BCUT2D eigenvalue weighted by molar-refractivity contribution is -1.02. The van der Waals surface area contributed by atoms with Crippen LogP contribution in [0.1, 0.15) is 22.0 Å². The number of ether oxygens (including phenoxy) is 2. The Morgan fingerprint density at radius 1 is 1.00 bits per heavy atom. The van der Waals surface area contributed by atoms with E-state index in [0.29, 0.717) is 23.6 Å². The SMILES string of the molecule is COc1cccc(OC)c1C(=O)NC[C@@H](c1ccc(N(C)C)cc1)[NH+]1CC[NH+](C)CC1. The zero-order valence-electron chi connectivity index (χ0n) is 19.3. The van der Waals surface area contributed by atoms with E-state index in [1.807, 2.05) is 20.2 Å². The maximum atomic E-state index is 13.1. The summed E-state index contributed by atoms with van der Waals surface area (Å²) < 4.78 is 10.8. The molecule has 3 N–H and O–H groups in total. The highest BCUT2D eigenvalue weighted by atomic mass is 16.5. The monoisotopic (exact) mass is 428 g/mol. The first kappa shape index (κ1) is 22.9. The minimum Gasteiger partial charge on any atom is -0.496 e. The van der Waals surface area contributed by atoms with Gasteiger partial charge >= 0.3 is 0 Å². The van der Waals surface area contributed by atoms with Crippen LogP contribution >= 0.6 is 0 Å². The number of carbonyl (C=O) groups is 1. The van der Waals surface area contributed by atoms with Gasteiger partial charge in [-0.15, -0.1) is 0 Å². The van der Waals surface area contributed by atoms with Crippen LogP contribution in [0.15, 0.2) is 42.5 Å². The molecular weight excluding hydrogens is 392 g/mol. The predicted octanol–water partition coefficient (Wildman–Crippen LogP) is -0.346. The summed E-state index contributed by atoms with van der Waals surface area (Å²) >= 11 is 0. The molecular formula is C24H36N4O3+2. The number of nitrogens with one attached hydrogen (secondary N) is 3. The molecule has 7 heteroatoms. The third-order valence-corrected chi connectivity index (χ3v) is 6.17. The molecule has 1 fully saturated rings. The number of amides is 1. The zero-order chi connectivity index (χ0) is 22.4. The molecule has 0 aliphatic carbocycles. The van der Waals surface area contributed by atoms with Crippen molar-refractivity contribution in [2.75, 3.05) is 73.0 Å². The number of quaternary nitrogens is 2. The van der Waals surface area contributed by atoms with Crippen molar-refractivity contribution < 1.29 is 24.1 Å². The summed E-state index contributed by atoms with van der Waals surface area (Å²) in [5.41, 5.74) is 2.85. The molecule has 7 nitrogen and oxygen atoms in total. The fourth-order valence-electron chi connectivity index (χ4n) is 4.21. The lowest BCUT2D eigenvalue weighted by atomic mass is 10.0. The van der Waals surface area contributed by atoms with E-state index in [1.54, 1.807) is 31.3 Å². The molecule has 2 aromatic rings. The number of methoxy groups -OCH3 is 2. The van der Waals surface area contributed by atoms with E-state index in [9.17, 15) is 4.79 Å². The normalized spacial score (nSPS) is 19.4. The van der Waals surface area contributed by atoms with Crippen LogP contribution in [0.4, 0.5) is 5.69 Å². The third-order valence-electron chi connectivity index (χ3n) is 6.17. The summed E-state index contributed by atoms with van der Waals surface area (Å²) in [6.07, 6.45) is 0. The second-order valence-corrected chi connectivity index (χ2v) is 8.40. The van der Waals surface area contributed by atoms with E-state index >= 15 is 0 Å². The van der Waals surface area contributed by atoms with Gasteiger partial charge in [-0.1, -0.05) is 18.2 Å². The molecule has 0 bridgehead atoms. The van der Waals surface area contributed by atoms with E-state index in [4.69, 9.17) is 9.47 Å². The molecule has 1 saturated heterocycles. The van der Waals surface area contributed by atoms with Crippen LogP contribution in [-0.2, 0) is 0 Å². The molecule has 0 spiro atoms. The van der Waals surface area contributed by atoms with Crippen molar-refractivity contribution in [2.45, 2.75) is 6.04 Å². The van der Waals surface area contributed by atoms with Crippen molar-refractivity contribution >= 4 is 11.6 Å². The third kappa shape index (κ3) is 5.48. The minimum absolute atomic E-state index is 0.177. The van der Waals surface area contributed by atoms with E-state index in [-0.39, 0.29) is 11.9 Å². The molecule has 0 unspecified atom stereocenters. The summed E-state index contributed by atoms with van der Waals surface area (Å²) in [5.74, 6) is 0.849. The van der Waals surface area contributed by atoms with Gasteiger partial charge in [0.1, 0.15) is 49.3 Å². The molecule has 0 aromatic heterocycles. The first-order valence-electron chi connectivity index (χ1n) is 10.9.